The second-order valence-corrected chi connectivity index (χ2v) is 8.42. The molecule has 1 aliphatic rings. The van der Waals surface area contributed by atoms with E-state index in [2.05, 4.69) is 4.72 Å². The first-order chi connectivity index (χ1) is 12.3. The Balaban J connectivity index is 1.87. The van der Waals surface area contributed by atoms with Crippen LogP contribution < -0.4 is 14.5 Å². The highest BCUT2D eigenvalue weighted by atomic mass is 35.5. The van der Waals surface area contributed by atoms with E-state index >= 15 is 0 Å². The summed E-state index contributed by atoms with van der Waals surface area (Å²) in [7, 11) is -0.134. The molecule has 8 heteroatoms. The summed E-state index contributed by atoms with van der Waals surface area (Å²) < 4.78 is 28.1. The lowest BCUT2D eigenvalue weighted by Gasteiger charge is -2.19. The van der Waals surface area contributed by atoms with E-state index in [0.717, 1.165) is 6.42 Å². The number of sulfonamides is 1. The van der Waals surface area contributed by atoms with E-state index < -0.39 is 10.0 Å². The third-order valence-electron chi connectivity index (χ3n) is 4.22. The SMILES string of the molecule is CN(C)c1ccc(Cl)cc1NS(=O)(=O)c1ccc(N2CCCC2=O)cc1. The fourth-order valence-corrected chi connectivity index (χ4v) is 4.15. The molecule has 2 aromatic rings. The summed E-state index contributed by atoms with van der Waals surface area (Å²) >= 11 is 6.01. The van der Waals surface area contributed by atoms with E-state index in [9.17, 15) is 13.2 Å². The first-order valence-corrected chi connectivity index (χ1v) is 10.0. The fraction of sp³-hybridized carbons (Fsp3) is 0.278. The largest absolute Gasteiger partial charge is 0.376 e. The molecular formula is C18H20ClN3O3S. The van der Waals surface area contributed by atoms with Gasteiger partial charge in [0.1, 0.15) is 0 Å². The van der Waals surface area contributed by atoms with Gasteiger partial charge >= 0.3 is 0 Å². The molecule has 26 heavy (non-hydrogen) atoms. The number of nitrogens with zero attached hydrogens (tertiary/aromatic N) is 2. The fourth-order valence-electron chi connectivity index (χ4n) is 2.91. The lowest BCUT2D eigenvalue weighted by Crippen LogP contribution is -2.23. The van der Waals surface area contributed by atoms with Crippen LogP contribution in [0, 0.1) is 0 Å². The molecule has 0 spiro atoms. The Morgan fingerprint density at radius 1 is 1.12 bits per heavy atom. The van der Waals surface area contributed by atoms with Crippen LogP contribution in [0.2, 0.25) is 5.02 Å². The van der Waals surface area contributed by atoms with E-state index in [4.69, 9.17) is 11.6 Å². The smallest absolute Gasteiger partial charge is 0.261 e. The number of anilines is 3. The highest BCUT2D eigenvalue weighted by molar-refractivity contribution is 7.92. The molecular weight excluding hydrogens is 374 g/mol. The summed E-state index contributed by atoms with van der Waals surface area (Å²) in [6.07, 6.45) is 1.35. The highest BCUT2D eigenvalue weighted by Crippen LogP contribution is 2.30. The van der Waals surface area contributed by atoms with Crippen molar-refractivity contribution in [2.75, 3.05) is 35.2 Å². The van der Waals surface area contributed by atoms with Crippen molar-refractivity contribution in [3.05, 3.63) is 47.5 Å². The normalized spacial score (nSPS) is 14.6. The molecule has 0 bridgehead atoms. The van der Waals surface area contributed by atoms with Crippen LogP contribution in [0.15, 0.2) is 47.4 Å². The maximum atomic E-state index is 12.7. The summed E-state index contributed by atoms with van der Waals surface area (Å²) in [5.41, 5.74) is 1.82. The molecule has 0 radical (unpaired) electrons. The van der Waals surface area contributed by atoms with Gasteiger partial charge in [-0.15, -0.1) is 0 Å². The second kappa shape index (κ2) is 7.17. The van der Waals surface area contributed by atoms with Crippen LogP contribution >= 0.6 is 11.6 Å². The Bertz CT molecular complexity index is 927. The second-order valence-electron chi connectivity index (χ2n) is 6.30. The zero-order valence-corrected chi connectivity index (χ0v) is 16.1. The molecule has 0 aromatic heterocycles. The molecule has 0 atom stereocenters. The van der Waals surface area contributed by atoms with Crippen LogP contribution in [0.3, 0.4) is 0 Å². The molecule has 0 saturated carbocycles. The minimum atomic E-state index is -3.78. The van der Waals surface area contributed by atoms with Crippen molar-refractivity contribution in [2.24, 2.45) is 0 Å². The van der Waals surface area contributed by atoms with Gasteiger partial charge in [-0.2, -0.15) is 0 Å². The minimum Gasteiger partial charge on any atom is -0.376 e. The number of hydrogen-bond donors (Lipinski definition) is 1. The molecule has 0 unspecified atom stereocenters. The molecule has 1 N–H and O–H groups in total. The van der Waals surface area contributed by atoms with E-state index in [1.165, 1.54) is 12.1 Å². The van der Waals surface area contributed by atoms with E-state index in [-0.39, 0.29) is 10.8 Å². The number of rotatable bonds is 5. The molecule has 6 nitrogen and oxygen atoms in total. The number of halogens is 1. The lowest BCUT2D eigenvalue weighted by molar-refractivity contribution is -0.117. The van der Waals surface area contributed by atoms with E-state index in [0.29, 0.717) is 35.1 Å². The Morgan fingerprint density at radius 3 is 2.38 bits per heavy atom. The molecule has 1 fully saturated rings. The molecule has 3 rings (SSSR count). The first kappa shape index (κ1) is 18.5. The van der Waals surface area contributed by atoms with Crippen molar-refractivity contribution in [1.29, 1.82) is 0 Å². The van der Waals surface area contributed by atoms with E-state index in [1.807, 2.05) is 14.1 Å². The van der Waals surface area contributed by atoms with Crippen LogP contribution in [0.1, 0.15) is 12.8 Å². The van der Waals surface area contributed by atoms with Gasteiger partial charge in [0.05, 0.1) is 16.3 Å². The third kappa shape index (κ3) is 3.78. The Morgan fingerprint density at radius 2 is 1.81 bits per heavy atom. The first-order valence-electron chi connectivity index (χ1n) is 8.18. The van der Waals surface area contributed by atoms with Gasteiger partial charge in [0, 0.05) is 37.8 Å². The van der Waals surface area contributed by atoms with Gasteiger partial charge < -0.3 is 9.80 Å². The summed E-state index contributed by atoms with van der Waals surface area (Å²) in [5, 5.41) is 0.441. The quantitative estimate of drug-likeness (QED) is 0.845. The maximum absolute atomic E-state index is 12.7. The number of amides is 1. The van der Waals surface area contributed by atoms with Gasteiger partial charge in [-0.3, -0.25) is 9.52 Å². The Kier molecular flexibility index (Phi) is 5.11. The number of benzene rings is 2. The van der Waals surface area contributed by atoms with Gasteiger partial charge in [0.15, 0.2) is 0 Å². The minimum absolute atomic E-state index is 0.0632. The van der Waals surface area contributed by atoms with Gasteiger partial charge in [0.25, 0.3) is 10.0 Å². The number of hydrogen-bond acceptors (Lipinski definition) is 4. The van der Waals surface area contributed by atoms with Crippen molar-refractivity contribution in [3.8, 4) is 0 Å². The molecule has 2 aromatic carbocycles. The molecule has 1 heterocycles. The van der Waals surface area contributed by atoms with Crippen molar-refractivity contribution < 1.29 is 13.2 Å². The number of nitrogens with one attached hydrogen (secondary N) is 1. The molecule has 138 valence electrons. The highest BCUT2D eigenvalue weighted by Gasteiger charge is 2.23. The zero-order valence-electron chi connectivity index (χ0n) is 14.6. The monoisotopic (exact) mass is 393 g/mol. The predicted octanol–water partition coefficient (Wildman–Crippen LogP) is 3.33. The molecule has 1 aliphatic heterocycles. The van der Waals surface area contributed by atoms with Crippen molar-refractivity contribution in [1.82, 2.24) is 0 Å². The summed E-state index contributed by atoms with van der Waals surface area (Å²) in [4.78, 5) is 15.4. The maximum Gasteiger partial charge on any atom is 0.261 e. The van der Waals surface area contributed by atoms with Gasteiger partial charge in [0.2, 0.25) is 5.91 Å². The van der Waals surface area contributed by atoms with Gasteiger partial charge in [-0.25, -0.2) is 8.42 Å². The molecule has 1 amide bonds. The Labute approximate surface area is 158 Å². The van der Waals surface area contributed by atoms with Crippen LogP contribution in [0.25, 0.3) is 0 Å². The topological polar surface area (TPSA) is 69.7 Å². The lowest BCUT2D eigenvalue weighted by atomic mass is 10.2. The van der Waals surface area contributed by atoms with Crippen molar-refractivity contribution >= 4 is 44.6 Å². The Hall–Kier alpha value is -2.25. The molecule has 0 aliphatic carbocycles. The third-order valence-corrected chi connectivity index (χ3v) is 5.83. The van der Waals surface area contributed by atoms with Crippen LogP contribution in [-0.2, 0) is 14.8 Å². The number of carbonyl (C=O) groups excluding carboxylic acids is 1. The standard InChI is InChI=1S/C18H20ClN3O3S/c1-21(2)17-10-5-13(19)12-16(17)20-26(24,25)15-8-6-14(7-9-15)22-11-3-4-18(22)23/h5-10,12,20H,3-4,11H2,1-2H3. The van der Waals surface area contributed by atoms with Crippen LogP contribution in [-0.4, -0.2) is 35.0 Å². The molecule has 1 saturated heterocycles. The summed E-state index contributed by atoms with van der Waals surface area (Å²) in [6.45, 7) is 0.665. The van der Waals surface area contributed by atoms with Gasteiger partial charge in [-0.1, -0.05) is 11.6 Å². The van der Waals surface area contributed by atoms with Crippen LogP contribution in [0.5, 0.6) is 0 Å². The summed E-state index contributed by atoms with van der Waals surface area (Å²) in [6, 6.07) is 11.3. The average Bonchev–Trinajstić information content (AvgIpc) is 3.00. The predicted molar refractivity (Wildman–Crippen MR) is 105 cm³/mol. The zero-order chi connectivity index (χ0) is 18.9. The summed E-state index contributed by atoms with van der Waals surface area (Å²) in [5.74, 6) is 0.0632. The van der Waals surface area contributed by atoms with Crippen molar-refractivity contribution in [3.63, 3.8) is 0 Å². The van der Waals surface area contributed by atoms with E-state index in [1.54, 1.807) is 40.1 Å². The number of carbonyl (C=O) groups is 1. The van der Waals surface area contributed by atoms with Gasteiger partial charge in [-0.05, 0) is 48.9 Å². The van der Waals surface area contributed by atoms with Crippen LogP contribution in [0.4, 0.5) is 17.1 Å². The average molecular weight is 394 g/mol. The van der Waals surface area contributed by atoms with Crippen molar-refractivity contribution in [2.45, 2.75) is 17.7 Å².